The number of hydrogen-bond acceptors (Lipinski definition) is 7. The largest absolute Gasteiger partial charge is 0.497 e. The van der Waals surface area contributed by atoms with Crippen molar-refractivity contribution >= 4 is 30.1 Å². The minimum atomic E-state index is -1.12. The summed E-state index contributed by atoms with van der Waals surface area (Å²) in [7, 11) is 1.56. The van der Waals surface area contributed by atoms with Crippen molar-refractivity contribution in [2.75, 3.05) is 7.11 Å². The quantitative estimate of drug-likeness (QED) is 0.150. The van der Waals surface area contributed by atoms with Crippen molar-refractivity contribution < 1.29 is 23.9 Å². The molecule has 1 aliphatic heterocycles. The van der Waals surface area contributed by atoms with Gasteiger partial charge in [0.1, 0.15) is 12.4 Å². The first-order chi connectivity index (χ1) is 17.3. The molecule has 1 fully saturated rings. The summed E-state index contributed by atoms with van der Waals surface area (Å²) in [5.41, 5.74) is 12.1. The third-order valence-electron chi connectivity index (χ3n) is 5.74. The SMILES string of the molecule is CC[C@@H](NC(=O)N1C(=O)[C@H](C/C=N/N=C(N)N)[C@H]1C(=O)OCc1ccc(OC)cc1)c1ccccc1. The third kappa shape index (κ3) is 6.38. The minimum absolute atomic E-state index is 0.0284. The molecule has 0 aliphatic carbocycles. The Bertz CT molecular complexity index is 1120. The van der Waals surface area contributed by atoms with Gasteiger partial charge in [-0.2, -0.15) is 5.10 Å². The molecule has 3 amide bonds. The van der Waals surface area contributed by atoms with Crippen molar-refractivity contribution in [3.05, 3.63) is 65.7 Å². The molecule has 3 rings (SSSR count). The average Bonchev–Trinajstić information content (AvgIpc) is 2.89. The Morgan fingerprint density at radius 2 is 1.83 bits per heavy atom. The summed E-state index contributed by atoms with van der Waals surface area (Å²) in [5.74, 6) is -1.63. The highest BCUT2D eigenvalue weighted by Gasteiger charge is 2.55. The molecular weight excluding hydrogens is 464 g/mol. The molecule has 0 saturated carbocycles. The second-order valence-corrected chi connectivity index (χ2v) is 8.09. The average molecular weight is 495 g/mol. The van der Waals surface area contributed by atoms with Gasteiger partial charge in [-0.3, -0.25) is 4.79 Å². The smallest absolute Gasteiger partial charge is 0.330 e. The molecule has 190 valence electrons. The van der Waals surface area contributed by atoms with E-state index in [9.17, 15) is 14.4 Å². The Morgan fingerprint density at radius 3 is 2.44 bits per heavy atom. The van der Waals surface area contributed by atoms with Crippen molar-refractivity contribution in [2.45, 2.75) is 38.5 Å². The number of carbonyl (C=O) groups excluding carboxylic acids is 3. The van der Waals surface area contributed by atoms with E-state index in [2.05, 4.69) is 15.5 Å². The van der Waals surface area contributed by atoms with Crippen molar-refractivity contribution in [1.29, 1.82) is 0 Å². The highest BCUT2D eigenvalue weighted by molar-refractivity contribution is 6.08. The molecule has 1 aliphatic rings. The van der Waals surface area contributed by atoms with E-state index in [0.29, 0.717) is 12.2 Å². The molecule has 0 radical (unpaired) electrons. The number of benzene rings is 2. The Morgan fingerprint density at radius 1 is 1.14 bits per heavy atom. The number of hydrogen-bond donors (Lipinski definition) is 3. The number of methoxy groups -OCH3 is 1. The fourth-order valence-corrected chi connectivity index (χ4v) is 3.83. The first kappa shape index (κ1) is 26.2. The maximum atomic E-state index is 13.1. The highest BCUT2D eigenvalue weighted by atomic mass is 16.5. The van der Waals surface area contributed by atoms with Gasteiger partial charge < -0.3 is 26.3 Å². The van der Waals surface area contributed by atoms with Crippen LogP contribution in [0.3, 0.4) is 0 Å². The number of nitrogens with one attached hydrogen (secondary N) is 1. The van der Waals surface area contributed by atoms with Gasteiger partial charge in [0.25, 0.3) is 0 Å². The second kappa shape index (κ2) is 12.3. The van der Waals surface area contributed by atoms with Crippen molar-refractivity contribution in [2.24, 2.45) is 27.6 Å². The minimum Gasteiger partial charge on any atom is -0.497 e. The number of rotatable bonds is 10. The van der Waals surface area contributed by atoms with Crippen LogP contribution in [0.4, 0.5) is 4.79 Å². The van der Waals surface area contributed by atoms with Crippen molar-refractivity contribution in [3.63, 3.8) is 0 Å². The van der Waals surface area contributed by atoms with Crippen LogP contribution >= 0.6 is 0 Å². The zero-order valence-corrected chi connectivity index (χ0v) is 20.2. The molecule has 2 aromatic carbocycles. The Kier molecular flexibility index (Phi) is 8.98. The number of imide groups is 1. The van der Waals surface area contributed by atoms with Crippen LogP contribution in [-0.2, 0) is 20.9 Å². The van der Waals surface area contributed by atoms with Gasteiger partial charge >= 0.3 is 12.0 Å². The molecule has 3 atom stereocenters. The van der Waals surface area contributed by atoms with Gasteiger partial charge in [-0.25, -0.2) is 14.5 Å². The second-order valence-electron chi connectivity index (χ2n) is 8.09. The summed E-state index contributed by atoms with van der Waals surface area (Å²) in [6.07, 6.45) is 1.97. The standard InChI is InChI=1S/C25H30N6O5/c1-3-20(17-7-5-4-6-8-17)29-25(34)31-21(19(22(31)32)13-14-28-30-24(26)27)23(33)36-15-16-9-11-18(35-2)12-10-16/h4-12,14,19-21H,3,13,15H2,1-2H3,(H,29,34)(H4,26,27,30)/b28-14+/t19-,20-,21+/m1/s1. The van der Waals surface area contributed by atoms with Crippen LogP contribution in [0.25, 0.3) is 0 Å². The molecule has 36 heavy (non-hydrogen) atoms. The lowest BCUT2D eigenvalue weighted by atomic mass is 9.85. The number of amides is 3. The van der Waals surface area contributed by atoms with E-state index in [4.69, 9.17) is 20.9 Å². The molecule has 0 unspecified atom stereocenters. The van der Waals surface area contributed by atoms with E-state index in [0.717, 1.165) is 16.0 Å². The van der Waals surface area contributed by atoms with E-state index >= 15 is 0 Å². The van der Waals surface area contributed by atoms with Crippen molar-refractivity contribution in [3.8, 4) is 5.75 Å². The number of β-lactam (4-membered cyclic amide) rings is 1. The number of nitrogens with zero attached hydrogens (tertiary/aromatic N) is 3. The van der Waals surface area contributed by atoms with E-state index < -0.39 is 29.9 Å². The van der Waals surface area contributed by atoms with Crippen LogP contribution < -0.4 is 21.5 Å². The number of urea groups is 1. The Hall–Kier alpha value is -4.41. The van der Waals surface area contributed by atoms with Gasteiger partial charge in [0.15, 0.2) is 6.04 Å². The van der Waals surface area contributed by atoms with E-state index in [1.54, 1.807) is 31.4 Å². The lowest BCUT2D eigenvalue weighted by Crippen LogP contribution is -2.68. The van der Waals surface area contributed by atoms with Crippen LogP contribution in [0.5, 0.6) is 5.75 Å². The normalized spacial score (nSPS) is 17.7. The number of ether oxygens (including phenoxy) is 2. The first-order valence-corrected chi connectivity index (χ1v) is 11.4. The van der Waals surface area contributed by atoms with Crippen LogP contribution in [0.15, 0.2) is 64.8 Å². The topological polar surface area (TPSA) is 162 Å². The van der Waals surface area contributed by atoms with Crippen molar-refractivity contribution in [1.82, 2.24) is 10.2 Å². The number of likely N-dealkylation sites (tertiary alicyclic amines) is 1. The molecule has 0 aromatic heterocycles. The number of nitrogens with two attached hydrogens (primary N) is 2. The first-order valence-electron chi connectivity index (χ1n) is 11.4. The summed E-state index contributed by atoms with van der Waals surface area (Å²) in [5, 5.41) is 10.0. The predicted molar refractivity (Wildman–Crippen MR) is 134 cm³/mol. The Balaban J connectivity index is 1.73. The zero-order valence-electron chi connectivity index (χ0n) is 20.2. The predicted octanol–water partition coefficient (Wildman–Crippen LogP) is 2.08. The summed E-state index contributed by atoms with van der Waals surface area (Å²) < 4.78 is 10.6. The van der Waals surface area contributed by atoms with Gasteiger partial charge in [-0.15, -0.1) is 5.10 Å². The van der Waals surface area contributed by atoms with Gasteiger partial charge in [0, 0.05) is 6.21 Å². The molecular formula is C25H30N6O5. The lowest BCUT2D eigenvalue weighted by molar-refractivity contribution is -0.170. The number of guanidine groups is 1. The highest BCUT2D eigenvalue weighted by Crippen LogP contribution is 2.31. The zero-order chi connectivity index (χ0) is 26.1. The van der Waals surface area contributed by atoms with Gasteiger partial charge in [-0.05, 0) is 36.1 Å². The summed E-state index contributed by atoms with van der Waals surface area (Å²) in [6, 6.07) is 14.3. The fourth-order valence-electron chi connectivity index (χ4n) is 3.83. The molecule has 1 heterocycles. The lowest BCUT2D eigenvalue weighted by Gasteiger charge is -2.43. The van der Waals surface area contributed by atoms with E-state index in [1.165, 1.54) is 6.21 Å². The molecule has 0 bridgehead atoms. The van der Waals surface area contributed by atoms with E-state index in [1.807, 2.05) is 37.3 Å². The molecule has 1 saturated heterocycles. The third-order valence-corrected chi connectivity index (χ3v) is 5.74. The number of esters is 1. The maximum absolute atomic E-state index is 13.1. The summed E-state index contributed by atoms with van der Waals surface area (Å²) >= 11 is 0. The van der Waals surface area contributed by atoms with Gasteiger partial charge in [0.2, 0.25) is 11.9 Å². The fraction of sp³-hybridized carbons (Fsp3) is 0.320. The van der Waals surface area contributed by atoms with Gasteiger partial charge in [-0.1, -0.05) is 49.4 Å². The Labute approximate surface area is 209 Å². The molecule has 5 N–H and O–H groups in total. The van der Waals surface area contributed by atoms with Gasteiger partial charge in [0.05, 0.1) is 19.1 Å². The van der Waals surface area contributed by atoms with Crippen LogP contribution in [-0.4, -0.2) is 48.1 Å². The van der Waals surface area contributed by atoms with E-state index in [-0.39, 0.29) is 25.0 Å². The molecule has 11 nitrogen and oxygen atoms in total. The monoisotopic (exact) mass is 494 g/mol. The van der Waals surface area contributed by atoms with Crippen LogP contribution in [0.2, 0.25) is 0 Å². The molecule has 0 spiro atoms. The summed E-state index contributed by atoms with van der Waals surface area (Å²) in [6.45, 7) is 1.89. The number of carbonyl (C=O) groups is 3. The molecule has 11 heteroatoms. The summed E-state index contributed by atoms with van der Waals surface area (Å²) in [4.78, 5) is 39.9. The van der Waals surface area contributed by atoms with Crippen LogP contribution in [0.1, 0.15) is 36.9 Å². The molecule has 2 aromatic rings. The maximum Gasteiger partial charge on any atom is 0.330 e. The van der Waals surface area contributed by atoms with Crippen LogP contribution in [0, 0.1) is 5.92 Å².